The molecule has 1 aliphatic rings. The maximum atomic E-state index is 11.7. The summed E-state index contributed by atoms with van der Waals surface area (Å²) in [6, 6.07) is 0. The lowest BCUT2D eigenvalue weighted by atomic mass is 9.94. The quantitative estimate of drug-likeness (QED) is 0.745. The van der Waals surface area contributed by atoms with Crippen LogP contribution in [0.1, 0.15) is 32.3 Å². The van der Waals surface area contributed by atoms with Crippen LogP contribution < -0.4 is 0 Å². The van der Waals surface area contributed by atoms with Crippen LogP contribution in [0.2, 0.25) is 0 Å². The molecule has 1 fully saturated rings. The topological polar surface area (TPSA) is 55.3 Å². The molecule has 0 N–H and O–H groups in total. The normalized spacial score (nSPS) is 16.5. The van der Waals surface area contributed by atoms with Crippen LogP contribution >= 0.6 is 0 Å². The van der Waals surface area contributed by atoms with E-state index in [1.165, 1.54) is 6.33 Å². The summed E-state index contributed by atoms with van der Waals surface area (Å²) in [4.78, 5) is 21.3. The lowest BCUT2D eigenvalue weighted by Gasteiger charge is -2.39. The van der Waals surface area contributed by atoms with Crippen LogP contribution in [0.25, 0.3) is 0 Å². The Balaban J connectivity index is 1.85. The summed E-state index contributed by atoms with van der Waals surface area (Å²) >= 11 is 0. The minimum Gasteiger partial charge on any atom is -0.444 e. The molecule has 5 heteroatoms. The average molecular weight is 235 g/mol. The van der Waals surface area contributed by atoms with Gasteiger partial charge in [-0.2, -0.15) is 0 Å². The van der Waals surface area contributed by atoms with E-state index in [4.69, 9.17) is 4.74 Å². The first kappa shape index (κ1) is 11.8. The van der Waals surface area contributed by atoms with Gasteiger partial charge in [0.25, 0.3) is 0 Å². The van der Waals surface area contributed by atoms with Gasteiger partial charge >= 0.3 is 6.09 Å². The molecular formula is C12H17N3O2. The third kappa shape index (κ3) is 2.93. The fraction of sp³-hybridized carbons (Fsp3) is 0.583. The molecule has 92 valence electrons. The summed E-state index contributed by atoms with van der Waals surface area (Å²) < 4.78 is 5.28. The Morgan fingerprint density at radius 2 is 1.94 bits per heavy atom. The van der Waals surface area contributed by atoms with Gasteiger partial charge in [-0.25, -0.2) is 14.8 Å². The second kappa shape index (κ2) is 4.31. The van der Waals surface area contributed by atoms with E-state index in [0.29, 0.717) is 19.0 Å². The molecule has 0 bridgehead atoms. The minimum atomic E-state index is -0.433. The number of nitrogens with zero attached hydrogens (tertiary/aromatic N) is 3. The van der Waals surface area contributed by atoms with Crippen LogP contribution in [0.3, 0.4) is 0 Å². The van der Waals surface area contributed by atoms with Crippen LogP contribution in [0.15, 0.2) is 18.7 Å². The van der Waals surface area contributed by atoms with Gasteiger partial charge in [0.1, 0.15) is 11.9 Å². The number of amides is 1. The number of aromatic nitrogens is 2. The first-order valence-corrected chi connectivity index (χ1v) is 5.68. The van der Waals surface area contributed by atoms with E-state index in [-0.39, 0.29) is 6.09 Å². The predicted octanol–water partition coefficient (Wildman–Crippen LogP) is 1.81. The second-order valence-corrected chi connectivity index (χ2v) is 5.25. The van der Waals surface area contributed by atoms with Crippen molar-refractivity contribution in [2.75, 3.05) is 13.1 Å². The summed E-state index contributed by atoms with van der Waals surface area (Å²) in [5.74, 6) is 0.337. The van der Waals surface area contributed by atoms with Gasteiger partial charge in [-0.3, -0.25) is 0 Å². The van der Waals surface area contributed by atoms with Gasteiger partial charge in [-0.15, -0.1) is 0 Å². The Kier molecular flexibility index (Phi) is 3.00. The molecule has 2 heterocycles. The molecule has 1 amide bonds. The minimum absolute atomic E-state index is 0.245. The van der Waals surface area contributed by atoms with Crippen molar-refractivity contribution in [3.63, 3.8) is 0 Å². The monoisotopic (exact) mass is 235 g/mol. The number of hydrogen-bond acceptors (Lipinski definition) is 4. The largest absolute Gasteiger partial charge is 0.444 e. The van der Waals surface area contributed by atoms with E-state index < -0.39 is 5.60 Å². The van der Waals surface area contributed by atoms with Gasteiger partial charge in [0.2, 0.25) is 0 Å². The highest BCUT2D eigenvalue weighted by molar-refractivity contribution is 5.69. The Bertz CT molecular complexity index is 394. The smallest absolute Gasteiger partial charge is 0.410 e. The van der Waals surface area contributed by atoms with Crippen molar-refractivity contribution in [3.05, 3.63) is 24.3 Å². The van der Waals surface area contributed by atoms with E-state index in [1.54, 1.807) is 17.3 Å². The van der Waals surface area contributed by atoms with E-state index in [9.17, 15) is 4.79 Å². The zero-order valence-electron chi connectivity index (χ0n) is 10.4. The molecule has 1 aliphatic heterocycles. The molecule has 1 aromatic heterocycles. The summed E-state index contributed by atoms with van der Waals surface area (Å²) in [6.45, 7) is 6.97. The lowest BCUT2D eigenvalue weighted by Crippen LogP contribution is -2.50. The predicted molar refractivity (Wildman–Crippen MR) is 62.6 cm³/mol. The van der Waals surface area contributed by atoms with Gasteiger partial charge in [-0.1, -0.05) is 0 Å². The molecule has 5 nitrogen and oxygen atoms in total. The van der Waals surface area contributed by atoms with Gasteiger partial charge in [0, 0.05) is 31.4 Å². The molecule has 17 heavy (non-hydrogen) atoms. The maximum absolute atomic E-state index is 11.7. The number of ether oxygens (including phenoxy) is 1. The van der Waals surface area contributed by atoms with Crippen molar-refractivity contribution in [1.82, 2.24) is 14.9 Å². The number of rotatable bonds is 1. The zero-order valence-corrected chi connectivity index (χ0v) is 10.4. The first-order valence-electron chi connectivity index (χ1n) is 5.68. The third-order valence-electron chi connectivity index (χ3n) is 2.59. The molecule has 1 aromatic rings. The van der Waals surface area contributed by atoms with Crippen LogP contribution in [0.4, 0.5) is 4.79 Å². The number of carbonyl (C=O) groups is 1. The van der Waals surface area contributed by atoms with Crippen LogP contribution in [-0.2, 0) is 4.74 Å². The van der Waals surface area contributed by atoms with E-state index in [1.807, 2.05) is 20.8 Å². The molecule has 0 radical (unpaired) electrons. The van der Waals surface area contributed by atoms with Crippen molar-refractivity contribution < 1.29 is 9.53 Å². The summed E-state index contributed by atoms with van der Waals surface area (Å²) in [7, 11) is 0. The summed E-state index contributed by atoms with van der Waals surface area (Å²) in [6.07, 6.45) is 4.85. The Morgan fingerprint density at radius 1 is 1.35 bits per heavy atom. The standard InChI is InChI=1S/C12H17N3O2/c1-12(2,3)17-11(16)15-6-10(7-15)9-4-13-8-14-5-9/h4-5,8,10H,6-7H2,1-3H3. The second-order valence-electron chi connectivity index (χ2n) is 5.25. The zero-order chi connectivity index (χ0) is 12.5. The van der Waals surface area contributed by atoms with Crippen LogP contribution in [-0.4, -0.2) is 39.7 Å². The summed E-state index contributed by atoms with van der Waals surface area (Å²) in [5, 5.41) is 0. The molecule has 0 atom stereocenters. The van der Waals surface area contributed by atoms with Gasteiger partial charge < -0.3 is 9.64 Å². The molecule has 0 unspecified atom stereocenters. The Hall–Kier alpha value is -1.65. The van der Waals surface area contributed by atoms with Crippen molar-refractivity contribution in [3.8, 4) is 0 Å². The van der Waals surface area contributed by atoms with Crippen molar-refractivity contribution in [1.29, 1.82) is 0 Å². The summed E-state index contributed by atoms with van der Waals surface area (Å²) in [5.41, 5.74) is 0.644. The molecule has 2 rings (SSSR count). The van der Waals surface area contributed by atoms with Crippen molar-refractivity contribution >= 4 is 6.09 Å². The maximum Gasteiger partial charge on any atom is 0.410 e. The molecule has 0 aliphatic carbocycles. The first-order chi connectivity index (χ1) is 7.96. The molecule has 0 aromatic carbocycles. The van der Waals surface area contributed by atoms with Crippen LogP contribution in [0.5, 0.6) is 0 Å². The van der Waals surface area contributed by atoms with E-state index >= 15 is 0 Å². The Morgan fingerprint density at radius 3 is 2.47 bits per heavy atom. The molecule has 0 saturated carbocycles. The lowest BCUT2D eigenvalue weighted by molar-refractivity contribution is 0.00814. The molecule has 1 saturated heterocycles. The fourth-order valence-electron chi connectivity index (χ4n) is 1.69. The highest BCUT2D eigenvalue weighted by Gasteiger charge is 2.34. The van der Waals surface area contributed by atoms with Gasteiger partial charge in [0.05, 0.1) is 0 Å². The van der Waals surface area contributed by atoms with Crippen molar-refractivity contribution in [2.45, 2.75) is 32.3 Å². The van der Waals surface area contributed by atoms with E-state index in [2.05, 4.69) is 9.97 Å². The number of hydrogen-bond donors (Lipinski definition) is 0. The average Bonchev–Trinajstić information content (AvgIpc) is 2.14. The molecule has 0 spiro atoms. The van der Waals surface area contributed by atoms with Gasteiger partial charge in [-0.05, 0) is 26.3 Å². The van der Waals surface area contributed by atoms with Gasteiger partial charge in [0.15, 0.2) is 0 Å². The number of likely N-dealkylation sites (tertiary alicyclic amines) is 1. The highest BCUT2D eigenvalue weighted by Crippen LogP contribution is 2.27. The van der Waals surface area contributed by atoms with Crippen molar-refractivity contribution in [2.24, 2.45) is 0 Å². The van der Waals surface area contributed by atoms with Crippen LogP contribution in [0, 0.1) is 0 Å². The molecular weight excluding hydrogens is 218 g/mol. The Labute approximate surface area is 101 Å². The highest BCUT2D eigenvalue weighted by atomic mass is 16.6. The SMILES string of the molecule is CC(C)(C)OC(=O)N1CC(c2cncnc2)C1. The van der Waals surface area contributed by atoms with E-state index in [0.717, 1.165) is 5.56 Å². The third-order valence-corrected chi connectivity index (χ3v) is 2.59. The fourth-order valence-corrected chi connectivity index (χ4v) is 1.69. The number of carbonyl (C=O) groups excluding carboxylic acids is 1.